The zero-order valence-corrected chi connectivity index (χ0v) is 8.78. The Balaban J connectivity index is 2.75. The van der Waals surface area contributed by atoms with E-state index in [4.69, 9.17) is 5.26 Å². The number of pyridine rings is 1. The molecule has 2 rings (SSSR count). The lowest BCUT2D eigenvalue weighted by Gasteiger charge is -2.02. The summed E-state index contributed by atoms with van der Waals surface area (Å²) in [6.07, 6.45) is 2.78. The molecular weight excluding hydrogens is 188 g/mol. The summed E-state index contributed by atoms with van der Waals surface area (Å²) in [6, 6.07) is 5.96. The molecule has 0 aromatic carbocycles. The number of hydrogen-bond donors (Lipinski definition) is 1. The van der Waals surface area contributed by atoms with Crippen molar-refractivity contribution in [3.05, 3.63) is 29.8 Å². The molecule has 1 N–H and O–H groups in total. The SMILES string of the molecule is CCc1nc(C#N)c2ccc(NC)cn12. The van der Waals surface area contributed by atoms with Crippen molar-refractivity contribution in [2.45, 2.75) is 13.3 Å². The molecule has 2 aromatic rings. The summed E-state index contributed by atoms with van der Waals surface area (Å²) in [5, 5.41) is 12.0. The van der Waals surface area contributed by atoms with Gasteiger partial charge in [0.2, 0.25) is 0 Å². The zero-order chi connectivity index (χ0) is 10.8. The van der Waals surface area contributed by atoms with Gasteiger partial charge in [-0.3, -0.25) is 0 Å². The van der Waals surface area contributed by atoms with E-state index in [1.807, 2.05) is 36.7 Å². The van der Waals surface area contributed by atoms with Crippen molar-refractivity contribution < 1.29 is 0 Å². The van der Waals surface area contributed by atoms with Crippen LogP contribution in [-0.2, 0) is 6.42 Å². The molecule has 2 aromatic heterocycles. The third kappa shape index (κ3) is 1.42. The third-order valence-electron chi connectivity index (χ3n) is 2.42. The Bertz CT molecular complexity index is 533. The predicted octanol–water partition coefficient (Wildman–Crippen LogP) is 1.81. The number of nitriles is 1. The van der Waals surface area contributed by atoms with Crippen LogP contribution in [0.15, 0.2) is 18.3 Å². The van der Waals surface area contributed by atoms with Crippen molar-refractivity contribution in [1.29, 1.82) is 5.26 Å². The van der Waals surface area contributed by atoms with Crippen molar-refractivity contribution in [2.75, 3.05) is 12.4 Å². The minimum atomic E-state index is 0.495. The Labute approximate surface area is 88.2 Å². The van der Waals surface area contributed by atoms with Crippen LogP contribution in [0.2, 0.25) is 0 Å². The summed E-state index contributed by atoms with van der Waals surface area (Å²) in [5.74, 6) is 0.915. The van der Waals surface area contributed by atoms with Gasteiger partial charge in [-0.25, -0.2) is 4.98 Å². The molecular formula is C11H12N4. The van der Waals surface area contributed by atoms with Gasteiger partial charge in [0, 0.05) is 19.7 Å². The Morgan fingerprint density at radius 3 is 2.93 bits per heavy atom. The standard InChI is InChI=1S/C11H12N4/c1-3-11-14-9(6-12)10-5-4-8(13-2)7-15(10)11/h4-5,7,13H,3H2,1-2H3. The summed E-state index contributed by atoms with van der Waals surface area (Å²) in [7, 11) is 1.87. The van der Waals surface area contributed by atoms with Gasteiger partial charge in [0.1, 0.15) is 11.9 Å². The predicted molar refractivity (Wildman–Crippen MR) is 58.8 cm³/mol. The Morgan fingerprint density at radius 2 is 2.33 bits per heavy atom. The minimum Gasteiger partial charge on any atom is -0.387 e. The number of imidazole rings is 1. The number of anilines is 1. The van der Waals surface area contributed by atoms with Crippen LogP contribution in [0.25, 0.3) is 5.52 Å². The number of nitrogens with zero attached hydrogens (tertiary/aromatic N) is 3. The highest BCUT2D eigenvalue weighted by atomic mass is 15.0. The number of fused-ring (bicyclic) bond motifs is 1. The van der Waals surface area contributed by atoms with E-state index >= 15 is 0 Å². The summed E-state index contributed by atoms with van der Waals surface area (Å²) in [5.41, 5.74) is 2.38. The summed E-state index contributed by atoms with van der Waals surface area (Å²) >= 11 is 0. The van der Waals surface area contributed by atoms with Gasteiger partial charge in [-0.1, -0.05) is 6.92 Å². The van der Waals surface area contributed by atoms with E-state index < -0.39 is 0 Å². The average molecular weight is 200 g/mol. The van der Waals surface area contributed by atoms with E-state index in [2.05, 4.69) is 16.4 Å². The van der Waals surface area contributed by atoms with E-state index in [1.165, 1.54) is 0 Å². The van der Waals surface area contributed by atoms with Crippen LogP contribution in [0.4, 0.5) is 5.69 Å². The van der Waals surface area contributed by atoms with Gasteiger partial charge in [-0.05, 0) is 12.1 Å². The van der Waals surface area contributed by atoms with Crippen LogP contribution < -0.4 is 5.32 Å². The largest absolute Gasteiger partial charge is 0.387 e. The van der Waals surface area contributed by atoms with Gasteiger partial charge < -0.3 is 9.72 Å². The molecule has 0 bridgehead atoms. The van der Waals surface area contributed by atoms with Gasteiger partial charge in [-0.15, -0.1) is 0 Å². The second-order valence-electron chi connectivity index (χ2n) is 3.27. The van der Waals surface area contributed by atoms with Gasteiger partial charge in [0.25, 0.3) is 0 Å². The third-order valence-corrected chi connectivity index (χ3v) is 2.42. The topological polar surface area (TPSA) is 53.1 Å². The molecule has 0 saturated carbocycles. The molecule has 2 heterocycles. The molecule has 0 atom stereocenters. The van der Waals surface area contributed by atoms with E-state index in [1.54, 1.807) is 0 Å². The lowest BCUT2D eigenvalue weighted by molar-refractivity contribution is 0.932. The Morgan fingerprint density at radius 1 is 1.53 bits per heavy atom. The first-order chi connectivity index (χ1) is 7.30. The summed E-state index contributed by atoms with van der Waals surface area (Å²) < 4.78 is 1.96. The second-order valence-corrected chi connectivity index (χ2v) is 3.27. The van der Waals surface area contributed by atoms with Crippen LogP contribution >= 0.6 is 0 Å². The fourth-order valence-electron chi connectivity index (χ4n) is 1.63. The van der Waals surface area contributed by atoms with Crippen molar-refractivity contribution in [2.24, 2.45) is 0 Å². The molecule has 0 aliphatic heterocycles. The van der Waals surface area contributed by atoms with Crippen LogP contribution in [0.3, 0.4) is 0 Å². The highest BCUT2D eigenvalue weighted by molar-refractivity contribution is 5.62. The van der Waals surface area contributed by atoms with Crippen LogP contribution in [0, 0.1) is 11.3 Å². The van der Waals surface area contributed by atoms with Crippen LogP contribution in [0.1, 0.15) is 18.4 Å². The quantitative estimate of drug-likeness (QED) is 0.804. The molecule has 0 aliphatic carbocycles. The summed E-state index contributed by atoms with van der Waals surface area (Å²) in [4.78, 5) is 4.28. The fraction of sp³-hybridized carbons (Fsp3) is 0.273. The molecule has 0 fully saturated rings. The number of nitrogens with one attached hydrogen (secondary N) is 1. The first-order valence-electron chi connectivity index (χ1n) is 4.89. The summed E-state index contributed by atoms with van der Waals surface area (Å²) in [6.45, 7) is 2.03. The smallest absolute Gasteiger partial charge is 0.166 e. The average Bonchev–Trinajstić information content (AvgIpc) is 2.65. The normalized spacial score (nSPS) is 10.2. The Hall–Kier alpha value is -2.02. The van der Waals surface area contributed by atoms with E-state index in [9.17, 15) is 0 Å². The molecule has 15 heavy (non-hydrogen) atoms. The minimum absolute atomic E-state index is 0.495. The first-order valence-corrected chi connectivity index (χ1v) is 4.89. The molecule has 0 radical (unpaired) electrons. The van der Waals surface area contributed by atoms with Crippen molar-refractivity contribution >= 4 is 11.2 Å². The van der Waals surface area contributed by atoms with Gasteiger partial charge in [-0.2, -0.15) is 5.26 Å². The maximum absolute atomic E-state index is 8.93. The van der Waals surface area contributed by atoms with Crippen molar-refractivity contribution in [3.8, 4) is 6.07 Å². The van der Waals surface area contributed by atoms with Crippen molar-refractivity contribution in [3.63, 3.8) is 0 Å². The molecule has 76 valence electrons. The lowest BCUT2D eigenvalue weighted by Crippen LogP contribution is -1.95. The maximum atomic E-state index is 8.93. The van der Waals surface area contributed by atoms with Crippen LogP contribution in [0.5, 0.6) is 0 Å². The van der Waals surface area contributed by atoms with Gasteiger partial charge in [0.05, 0.1) is 11.2 Å². The molecule has 4 nitrogen and oxygen atoms in total. The molecule has 0 saturated heterocycles. The first kappa shape index (κ1) is 9.53. The second kappa shape index (κ2) is 3.62. The molecule has 0 amide bonds. The highest BCUT2D eigenvalue weighted by Crippen LogP contribution is 2.16. The molecule has 0 unspecified atom stereocenters. The number of rotatable bonds is 2. The monoisotopic (exact) mass is 200 g/mol. The Kier molecular flexibility index (Phi) is 2.30. The van der Waals surface area contributed by atoms with Crippen LogP contribution in [-0.4, -0.2) is 16.4 Å². The van der Waals surface area contributed by atoms with E-state index in [-0.39, 0.29) is 0 Å². The van der Waals surface area contributed by atoms with Gasteiger partial charge >= 0.3 is 0 Å². The molecule has 0 aliphatic rings. The number of aryl methyl sites for hydroxylation is 1. The highest BCUT2D eigenvalue weighted by Gasteiger charge is 2.08. The fourth-order valence-corrected chi connectivity index (χ4v) is 1.63. The number of aromatic nitrogens is 2. The number of hydrogen-bond acceptors (Lipinski definition) is 3. The van der Waals surface area contributed by atoms with Gasteiger partial charge in [0.15, 0.2) is 5.69 Å². The zero-order valence-electron chi connectivity index (χ0n) is 8.78. The van der Waals surface area contributed by atoms with Crippen molar-refractivity contribution in [1.82, 2.24) is 9.38 Å². The molecule has 0 spiro atoms. The van der Waals surface area contributed by atoms with E-state index in [0.29, 0.717) is 5.69 Å². The maximum Gasteiger partial charge on any atom is 0.166 e. The lowest BCUT2D eigenvalue weighted by atomic mass is 10.3. The molecule has 4 heteroatoms. The van der Waals surface area contributed by atoms with E-state index in [0.717, 1.165) is 23.4 Å².